The van der Waals surface area contributed by atoms with Gasteiger partial charge in [0.1, 0.15) is 5.82 Å². The second-order valence-corrected chi connectivity index (χ2v) is 3.56. The molecule has 0 atom stereocenters. The molecule has 0 aromatic carbocycles. The van der Waals surface area contributed by atoms with Crippen molar-refractivity contribution in [2.45, 2.75) is 20.4 Å². The third kappa shape index (κ3) is 2.31. The largest absolute Gasteiger partial charge is 0.461 e. The molecule has 2 aromatic heterocycles. The molecule has 2 aromatic rings. The highest BCUT2D eigenvalue weighted by atomic mass is 16.5. The lowest BCUT2D eigenvalue weighted by Crippen LogP contribution is -2.10. The molecule has 8 heteroatoms. The number of anilines is 1. The summed E-state index contributed by atoms with van der Waals surface area (Å²) in [6.07, 6.45) is 1.44. The number of nitrogens with two attached hydrogens (primary N) is 1. The van der Waals surface area contributed by atoms with Gasteiger partial charge in [-0.1, -0.05) is 5.16 Å². The van der Waals surface area contributed by atoms with Crippen molar-refractivity contribution in [3.63, 3.8) is 0 Å². The Morgan fingerprint density at radius 3 is 3.00 bits per heavy atom. The minimum atomic E-state index is -0.543. The maximum absolute atomic E-state index is 11.5. The van der Waals surface area contributed by atoms with Gasteiger partial charge < -0.3 is 19.6 Å². The fourth-order valence-corrected chi connectivity index (χ4v) is 1.43. The van der Waals surface area contributed by atoms with E-state index in [9.17, 15) is 4.79 Å². The standard InChI is InChI=1S/C10H13N5O3/c1-3-17-10(16)8-9(11)15(5-12-8)4-7-13-6(2)18-14-7/h5H,3-4,11H2,1-2H3. The molecule has 18 heavy (non-hydrogen) atoms. The summed E-state index contributed by atoms with van der Waals surface area (Å²) in [6.45, 7) is 3.97. The topological polar surface area (TPSA) is 109 Å². The Bertz CT molecular complexity index is 560. The second kappa shape index (κ2) is 4.86. The predicted molar refractivity (Wildman–Crippen MR) is 60.7 cm³/mol. The summed E-state index contributed by atoms with van der Waals surface area (Å²) < 4.78 is 11.2. The first-order chi connectivity index (χ1) is 8.61. The van der Waals surface area contributed by atoms with Gasteiger partial charge in [0.25, 0.3) is 0 Å². The van der Waals surface area contributed by atoms with Gasteiger partial charge in [-0.3, -0.25) is 0 Å². The number of ether oxygens (including phenoxy) is 1. The van der Waals surface area contributed by atoms with Crippen LogP contribution >= 0.6 is 0 Å². The van der Waals surface area contributed by atoms with Crippen molar-refractivity contribution < 1.29 is 14.1 Å². The minimum absolute atomic E-state index is 0.0945. The van der Waals surface area contributed by atoms with Crippen LogP contribution in [0.25, 0.3) is 0 Å². The first-order valence-electron chi connectivity index (χ1n) is 5.38. The number of imidazole rings is 1. The molecule has 2 rings (SSSR count). The van der Waals surface area contributed by atoms with Crippen LogP contribution in [-0.4, -0.2) is 32.3 Å². The highest BCUT2D eigenvalue weighted by Crippen LogP contribution is 2.12. The number of rotatable bonds is 4. The number of esters is 1. The van der Waals surface area contributed by atoms with Crippen LogP contribution in [0.3, 0.4) is 0 Å². The van der Waals surface area contributed by atoms with E-state index in [2.05, 4.69) is 15.1 Å². The summed E-state index contributed by atoms with van der Waals surface area (Å²) in [4.78, 5) is 19.5. The number of nitrogens with zero attached hydrogens (tertiary/aromatic N) is 4. The van der Waals surface area contributed by atoms with Crippen molar-refractivity contribution in [2.75, 3.05) is 12.3 Å². The third-order valence-electron chi connectivity index (χ3n) is 2.23. The van der Waals surface area contributed by atoms with Crippen molar-refractivity contribution in [3.05, 3.63) is 23.7 Å². The molecule has 0 fully saturated rings. The Morgan fingerprint density at radius 1 is 1.61 bits per heavy atom. The van der Waals surface area contributed by atoms with Crippen molar-refractivity contribution in [1.29, 1.82) is 0 Å². The van der Waals surface area contributed by atoms with Gasteiger partial charge >= 0.3 is 5.97 Å². The van der Waals surface area contributed by atoms with Gasteiger partial charge in [0.2, 0.25) is 5.89 Å². The predicted octanol–water partition coefficient (Wildman–Crippen LogP) is 0.382. The Hall–Kier alpha value is -2.38. The molecule has 0 saturated heterocycles. The molecule has 0 bridgehead atoms. The van der Waals surface area contributed by atoms with Crippen LogP contribution in [0, 0.1) is 6.92 Å². The van der Waals surface area contributed by atoms with Gasteiger partial charge in [0, 0.05) is 6.92 Å². The van der Waals surface area contributed by atoms with Crippen LogP contribution < -0.4 is 5.73 Å². The fraction of sp³-hybridized carbons (Fsp3) is 0.400. The lowest BCUT2D eigenvalue weighted by molar-refractivity contribution is 0.0521. The smallest absolute Gasteiger partial charge is 0.360 e. The molecule has 8 nitrogen and oxygen atoms in total. The van der Waals surface area contributed by atoms with Gasteiger partial charge in [-0.25, -0.2) is 9.78 Å². The van der Waals surface area contributed by atoms with Crippen LogP contribution in [-0.2, 0) is 11.3 Å². The number of hydrogen-bond donors (Lipinski definition) is 1. The first kappa shape index (κ1) is 12.1. The molecule has 0 amide bonds. The second-order valence-electron chi connectivity index (χ2n) is 3.56. The van der Waals surface area contributed by atoms with E-state index in [1.165, 1.54) is 6.33 Å². The van der Waals surface area contributed by atoms with Gasteiger partial charge in [0.05, 0.1) is 19.5 Å². The number of nitrogen functional groups attached to an aromatic ring is 1. The molecule has 0 aliphatic rings. The number of carbonyl (C=O) groups excluding carboxylic acids is 1. The van der Waals surface area contributed by atoms with Crippen LogP contribution in [0.1, 0.15) is 29.1 Å². The van der Waals surface area contributed by atoms with E-state index in [1.54, 1.807) is 18.4 Å². The lowest BCUT2D eigenvalue weighted by atomic mass is 10.4. The molecule has 96 valence electrons. The van der Waals surface area contributed by atoms with E-state index in [0.717, 1.165) is 0 Å². The van der Waals surface area contributed by atoms with Crippen LogP contribution in [0.15, 0.2) is 10.9 Å². The molecule has 0 aliphatic carbocycles. The fourth-order valence-electron chi connectivity index (χ4n) is 1.43. The zero-order valence-electron chi connectivity index (χ0n) is 10.1. The Kier molecular flexibility index (Phi) is 3.26. The molecule has 0 spiro atoms. The van der Waals surface area contributed by atoms with Gasteiger partial charge in [-0.15, -0.1) is 0 Å². The van der Waals surface area contributed by atoms with Gasteiger partial charge in [-0.2, -0.15) is 4.98 Å². The van der Waals surface area contributed by atoms with E-state index in [-0.39, 0.29) is 24.7 Å². The van der Waals surface area contributed by atoms with Crippen molar-refractivity contribution in [3.8, 4) is 0 Å². The number of hydrogen-bond acceptors (Lipinski definition) is 7. The highest BCUT2D eigenvalue weighted by Gasteiger charge is 2.17. The van der Waals surface area contributed by atoms with Crippen LogP contribution in [0.4, 0.5) is 5.82 Å². The van der Waals surface area contributed by atoms with E-state index < -0.39 is 5.97 Å². The van der Waals surface area contributed by atoms with Crippen LogP contribution in [0.5, 0.6) is 0 Å². The summed E-state index contributed by atoms with van der Waals surface area (Å²) in [5.41, 5.74) is 5.90. The summed E-state index contributed by atoms with van der Waals surface area (Å²) in [7, 11) is 0. The molecule has 2 N–H and O–H groups in total. The molecule has 0 aliphatic heterocycles. The zero-order valence-corrected chi connectivity index (χ0v) is 10.1. The molecule has 0 saturated carbocycles. The van der Waals surface area contributed by atoms with Gasteiger partial charge in [0.15, 0.2) is 11.5 Å². The minimum Gasteiger partial charge on any atom is -0.461 e. The van der Waals surface area contributed by atoms with E-state index in [0.29, 0.717) is 11.7 Å². The normalized spacial score (nSPS) is 10.6. The molecule has 0 radical (unpaired) electrons. The number of aromatic nitrogens is 4. The quantitative estimate of drug-likeness (QED) is 0.782. The summed E-state index contributed by atoms with van der Waals surface area (Å²) in [6, 6.07) is 0. The maximum atomic E-state index is 11.5. The van der Waals surface area contributed by atoms with Gasteiger partial charge in [-0.05, 0) is 6.92 Å². The molecule has 0 unspecified atom stereocenters. The van der Waals surface area contributed by atoms with Crippen molar-refractivity contribution in [2.24, 2.45) is 0 Å². The average Bonchev–Trinajstić information content (AvgIpc) is 2.88. The van der Waals surface area contributed by atoms with E-state index in [4.69, 9.17) is 15.0 Å². The SMILES string of the molecule is CCOC(=O)c1ncn(Cc2noc(C)n2)c1N. The number of carbonyl (C=O) groups is 1. The van der Waals surface area contributed by atoms with E-state index in [1.807, 2.05) is 0 Å². The summed E-state index contributed by atoms with van der Waals surface area (Å²) >= 11 is 0. The Morgan fingerprint density at radius 2 is 2.39 bits per heavy atom. The monoisotopic (exact) mass is 251 g/mol. The van der Waals surface area contributed by atoms with E-state index >= 15 is 0 Å². The Balaban J connectivity index is 2.18. The Labute approximate surface area is 103 Å². The highest BCUT2D eigenvalue weighted by molar-refractivity contribution is 5.92. The molecular weight excluding hydrogens is 238 g/mol. The zero-order chi connectivity index (χ0) is 13.1. The van der Waals surface area contributed by atoms with Crippen molar-refractivity contribution in [1.82, 2.24) is 19.7 Å². The summed E-state index contributed by atoms with van der Waals surface area (Å²) in [5, 5.41) is 3.74. The molecular formula is C10H13N5O3. The van der Waals surface area contributed by atoms with Crippen molar-refractivity contribution >= 4 is 11.8 Å². The lowest BCUT2D eigenvalue weighted by Gasteiger charge is -2.02. The molecule has 2 heterocycles. The maximum Gasteiger partial charge on any atom is 0.360 e. The third-order valence-corrected chi connectivity index (χ3v) is 2.23. The summed E-state index contributed by atoms with van der Waals surface area (Å²) in [5.74, 6) is 0.607. The van der Waals surface area contributed by atoms with Crippen LogP contribution in [0.2, 0.25) is 0 Å². The number of aryl methyl sites for hydroxylation is 1. The average molecular weight is 251 g/mol. The first-order valence-corrected chi connectivity index (χ1v) is 5.38.